The first-order chi connectivity index (χ1) is 20.9. The lowest BCUT2D eigenvalue weighted by Gasteiger charge is -2.37. The maximum Gasteiger partial charge on any atom is 0.255 e. The Morgan fingerprint density at radius 1 is 1.09 bits per heavy atom. The fraction of sp³-hybridized carbons (Fsp3) is 0.375. The van der Waals surface area contributed by atoms with Crippen molar-refractivity contribution < 1.29 is 19.4 Å². The van der Waals surface area contributed by atoms with E-state index in [1.165, 1.54) is 0 Å². The minimum absolute atomic E-state index is 0.0521. The topological polar surface area (TPSA) is 120 Å². The van der Waals surface area contributed by atoms with Gasteiger partial charge < -0.3 is 19.5 Å². The van der Waals surface area contributed by atoms with E-state index < -0.39 is 11.6 Å². The van der Waals surface area contributed by atoms with Crippen LogP contribution < -0.4 is 4.74 Å². The summed E-state index contributed by atoms with van der Waals surface area (Å²) in [6, 6.07) is 20.1. The summed E-state index contributed by atoms with van der Waals surface area (Å²) in [6.45, 7) is 1.85. The van der Waals surface area contributed by atoms with Crippen molar-refractivity contribution in [3.8, 4) is 5.75 Å². The fourth-order valence-electron chi connectivity index (χ4n) is 5.61. The zero-order chi connectivity index (χ0) is 30.2. The molecule has 1 fully saturated rings. The van der Waals surface area contributed by atoms with Crippen molar-refractivity contribution in [2.45, 2.75) is 50.3 Å². The zero-order valence-corrected chi connectivity index (χ0v) is 25.2. The van der Waals surface area contributed by atoms with Crippen LogP contribution in [0.25, 0.3) is 10.4 Å². The zero-order valence-electron chi connectivity index (χ0n) is 23.7. The van der Waals surface area contributed by atoms with Gasteiger partial charge in [-0.2, -0.15) is 0 Å². The summed E-state index contributed by atoms with van der Waals surface area (Å²) in [6.07, 6.45) is 2.77. The Bertz CT molecular complexity index is 1520. The Morgan fingerprint density at radius 3 is 2.53 bits per heavy atom. The molecule has 0 aliphatic carbocycles. The molecule has 43 heavy (non-hydrogen) atoms. The summed E-state index contributed by atoms with van der Waals surface area (Å²) in [5, 5.41) is 13.7. The van der Waals surface area contributed by atoms with Crippen molar-refractivity contribution in [2.24, 2.45) is 10.1 Å². The molecule has 1 N–H and O–H groups in total. The lowest BCUT2D eigenvalue weighted by molar-refractivity contribution is -0.140. The molecule has 2 heterocycles. The Labute approximate surface area is 260 Å². The first-order valence-electron chi connectivity index (χ1n) is 14.4. The number of amides is 1. The maximum absolute atomic E-state index is 14.7. The molecule has 1 saturated heterocycles. The van der Waals surface area contributed by atoms with Gasteiger partial charge in [0.05, 0.1) is 13.2 Å². The van der Waals surface area contributed by atoms with Crippen LogP contribution >= 0.6 is 23.2 Å². The molecule has 0 saturated carbocycles. The Hall–Kier alpha value is -3.75. The van der Waals surface area contributed by atoms with Gasteiger partial charge in [0.15, 0.2) is 11.6 Å². The number of ether oxygens (including phenoxy) is 2. The summed E-state index contributed by atoms with van der Waals surface area (Å²) >= 11 is 13.0. The van der Waals surface area contributed by atoms with Crippen molar-refractivity contribution in [1.29, 1.82) is 0 Å². The SMILES string of the molecule is [N-]=[N+]=NCc1ccccc1C[C@@]1(C(=O)N2CCCCC2)N=C(c2ccc(OCCCO)cc2)O[C@@H]1c1ccc(Cl)cc1Cl. The molecule has 0 aromatic heterocycles. The number of halogens is 2. The number of azide groups is 1. The van der Waals surface area contributed by atoms with Crippen molar-refractivity contribution >= 4 is 35.0 Å². The number of piperidine rings is 1. The molecule has 3 aromatic carbocycles. The van der Waals surface area contributed by atoms with Crippen molar-refractivity contribution in [3.63, 3.8) is 0 Å². The van der Waals surface area contributed by atoms with Crippen LogP contribution in [0.15, 0.2) is 76.8 Å². The van der Waals surface area contributed by atoms with Gasteiger partial charge in [0.1, 0.15) is 5.75 Å². The number of hydrogen-bond donors (Lipinski definition) is 1. The largest absolute Gasteiger partial charge is 0.494 e. The number of aliphatic hydroxyl groups is 1. The number of carbonyl (C=O) groups is 1. The highest BCUT2D eigenvalue weighted by Crippen LogP contribution is 2.46. The van der Waals surface area contributed by atoms with E-state index in [1.54, 1.807) is 18.2 Å². The Balaban J connectivity index is 1.64. The predicted octanol–water partition coefficient (Wildman–Crippen LogP) is 7.08. The van der Waals surface area contributed by atoms with Crippen molar-refractivity contribution in [3.05, 3.63) is 109 Å². The third kappa shape index (κ3) is 6.92. The second-order valence-electron chi connectivity index (χ2n) is 10.6. The third-order valence-corrected chi connectivity index (χ3v) is 8.34. The second-order valence-corrected chi connectivity index (χ2v) is 11.5. The van der Waals surface area contributed by atoms with Gasteiger partial charge in [-0.15, -0.1) is 0 Å². The van der Waals surface area contributed by atoms with Crippen molar-refractivity contribution in [2.75, 3.05) is 26.3 Å². The number of carbonyl (C=O) groups excluding carboxylic acids is 1. The lowest BCUT2D eigenvalue weighted by atomic mass is 9.80. The van der Waals surface area contributed by atoms with Crippen LogP contribution in [0.4, 0.5) is 0 Å². The number of rotatable bonds is 11. The van der Waals surface area contributed by atoms with E-state index in [4.69, 9.17) is 48.3 Å². The minimum atomic E-state index is -1.40. The predicted molar refractivity (Wildman–Crippen MR) is 167 cm³/mol. The molecule has 224 valence electrons. The van der Waals surface area contributed by atoms with Crippen LogP contribution in [0.3, 0.4) is 0 Å². The third-order valence-electron chi connectivity index (χ3n) is 7.78. The number of aliphatic imine (C=N–C) groups is 1. The normalized spacial score (nSPS) is 19.7. The molecule has 11 heteroatoms. The maximum atomic E-state index is 14.7. The Kier molecular flexibility index (Phi) is 10.1. The van der Waals surface area contributed by atoms with E-state index in [1.807, 2.05) is 53.4 Å². The number of likely N-dealkylation sites (tertiary alicyclic amines) is 1. The van der Waals surface area contributed by atoms with E-state index in [0.29, 0.717) is 58.9 Å². The number of benzene rings is 3. The van der Waals surface area contributed by atoms with Gasteiger partial charge in [0.2, 0.25) is 5.90 Å². The quantitative estimate of drug-likeness (QED) is 0.106. The van der Waals surface area contributed by atoms with Crippen LogP contribution in [-0.2, 0) is 22.5 Å². The van der Waals surface area contributed by atoms with Crippen LogP contribution in [0, 0.1) is 0 Å². The average Bonchev–Trinajstić information content (AvgIpc) is 3.41. The van der Waals surface area contributed by atoms with Gasteiger partial charge in [0.25, 0.3) is 5.91 Å². The molecule has 5 rings (SSSR count). The standard InChI is InChI=1S/C32H33Cl2N5O4/c33-25-11-14-27(28(34)19-25)29-32(31(41)39-15-4-1-5-16-39,20-23-7-2-3-8-24(23)21-36-38-35)37-30(43-29)22-9-12-26(13-10-22)42-18-6-17-40/h2-3,7-14,19,29,40H,1,4-6,15-18,20-21H2/t29-,32-/m1/s1. The highest BCUT2D eigenvalue weighted by molar-refractivity contribution is 6.35. The van der Waals surface area contributed by atoms with Gasteiger partial charge in [0, 0.05) is 58.6 Å². The number of hydrogen-bond acceptors (Lipinski definition) is 6. The van der Waals surface area contributed by atoms with Crippen LogP contribution in [0.5, 0.6) is 5.75 Å². The first kappa shape index (κ1) is 30.7. The van der Waals surface area contributed by atoms with Gasteiger partial charge in [-0.05, 0) is 72.3 Å². The summed E-state index contributed by atoms with van der Waals surface area (Å²) in [5.41, 5.74) is 10.5. The fourth-order valence-corrected chi connectivity index (χ4v) is 6.12. The van der Waals surface area contributed by atoms with E-state index in [0.717, 1.165) is 30.4 Å². The molecule has 0 unspecified atom stereocenters. The monoisotopic (exact) mass is 621 g/mol. The van der Waals surface area contributed by atoms with Crippen molar-refractivity contribution in [1.82, 2.24) is 4.90 Å². The number of aliphatic hydroxyl groups excluding tert-OH is 1. The molecule has 9 nitrogen and oxygen atoms in total. The summed E-state index contributed by atoms with van der Waals surface area (Å²) in [4.78, 5) is 24.7. The highest BCUT2D eigenvalue weighted by atomic mass is 35.5. The molecule has 2 aliphatic heterocycles. The Morgan fingerprint density at radius 2 is 1.84 bits per heavy atom. The molecule has 0 radical (unpaired) electrons. The average molecular weight is 623 g/mol. The van der Waals surface area contributed by atoms with E-state index in [2.05, 4.69) is 10.0 Å². The summed E-state index contributed by atoms with van der Waals surface area (Å²) in [7, 11) is 0. The van der Waals surface area contributed by atoms with Crippen LogP contribution in [0.2, 0.25) is 10.0 Å². The molecular weight excluding hydrogens is 589 g/mol. The van der Waals surface area contributed by atoms with E-state index in [-0.39, 0.29) is 25.5 Å². The number of nitrogens with zero attached hydrogens (tertiary/aromatic N) is 5. The second kappa shape index (κ2) is 14.1. The van der Waals surface area contributed by atoms with Gasteiger partial charge in [-0.25, -0.2) is 4.99 Å². The van der Waals surface area contributed by atoms with Gasteiger partial charge in [-0.3, -0.25) is 4.79 Å². The van der Waals surface area contributed by atoms with Gasteiger partial charge >= 0.3 is 0 Å². The van der Waals surface area contributed by atoms with Crippen LogP contribution in [0.1, 0.15) is 54.0 Å². The molecular formula is C32H33Cl2N5O4. The van der Waals surface area contributed by atoms with E-state index in [9.17, 15) is 4.79 Å². The lowest BCUT2D eigenvalue weighted by Crippen LogP contribution is -2.53. The molecule has 0 bridgehead atoms. The summed E-state index contributed by atoms with van der Waals surface area (Å²) < 4.78 is 12.3. The molecule has 2 aliphatic rings. The highest BCUT2D eigenvalue weighted by Gasteiger charge is 2.55. The minimum Gasteiger partial charge on any atom is -0.494 e. The molecule has 1 amide bonds. The molecule has 3 aromatic rings. The smallest absolute Gasteiger partial charge is 0.255 e. The first-order valence-corrected chi connectivity index (χ1v) is 15.1. The molecule has 2 atom stereocenters. The van der Waals surface area contributed by atoms with Gasteiger partial charge in [-0.1, -0.05) is 58.6 Å². The van der Waals surface area contributed by atoms with Crippen LogP contribution in [-0.4, -0.2) is 53.7 Å². The summed E-state index contributed by atoms with van der Waals surface area (Å²) in [5.74, 6) is 0.826. The molecule has 0 spiro atoms. The van der Waals surface area contributed by atoms with E-state index >= 15 is 0 Å².